The van der Waals surface area contributed by atoms with Crippen LogP contribution in [0, 0.1) is 29.6 Å². The highest BCUT2D eigenvalue weighted by Crippen LogP contribution is 2.33. The highest BCUT2D eigenvalue weighted by molar-refractivity contribution is 5.79. The Labute approximate surface area is 117 Å². The second-order valence-electron chi connectivity index (χ2n) is 7.18. The molecule has 0 aromatic heterocycles. The summed E-state index contributed by atoms with van der Waals surface area (Å²) >= 11 is 0. The van der Waals surface area contributed by atoms with E-state index in [2.05, 4.69) is 38.3 Å². The Bertz CT molecular complexity index is 316. The van der Waals surface area contributed by atoms with Crippen LogP contribution in [0.1, 0.15) is 47.0 Å². The van der Waals surface area contributed by atoms with E-state index in [0.717, 1.165) is 25.4 Å². The molecular formula is C16H30N2O. The van der Waals surface area contributed by atoms with E-state index < -0.39 is 0 Å². The van der Waals surface area contributed by atoms with Crippen LogP contribution < -0.4 is 10.6 Å². The summed E-state index contributed by atoms with van der Waals surface area (Å²) in [5.74, 6) is 2.99. The first-order chi connectivity index (χ1) is 8.99. The molecule has 3 nitrogen and oxygen atoms in total. The zero-order chi connectivity index (χ0) is 14.0. The molecule has 0 radical (unpaired) electrons. The minimum Gasteiger partial charge on any atom is -0.353 e. The molecule has 2 fully saturated rings. The van der Waals surface area contributed by atoms with Gasteiger partial charge >= 0.3 is 0 Å². The van der Waals surface area contributed by atoms with Gasteiger partial charge in [0.05, 0.1) is 5.92 Å². The molecule has 110 valence electrons. The maximum Gasteiger partial charge on any atom is 0.224 e. The van der Waals surface area contributed by atoms with Gasteiger partial charge in [0.25, 0.3) is 0 Å². The molecule has 0 aromatic rings. The third kappa shape index (κ3) is 3.50. The van der Waals surface area contributed by atoms with E-state index in [4.69, 9.17) is 0 Å². The van der Waals surface area contributed by atoms with E-state index in [1.807, 2.05) is 0 Å². The Morgan fingerprint density at radius 1 is 1.21 bits per heavy atom. The first kappa shape index (κ1) is 14.8. The Morgan fingerprint density at radius 3 is 2.53 bits per heavy atom. The molecule has 3 unspecified atom stereocenters. The van der Waals surface area contributed by atoms with Crippen LogP contribution in [0.4, 0.5) is 0 Å². The van der Waals surface area contributed by atoms with Gasteiger partial charge in [-0.15, -0.1) is 0 Å². The highest BCUT2D eigenvalue weighted by atomic mass is 16.2. The zero-order valence-electron chi connectivity index (χ0n) is 12.9. The van der Waals surface area contributed by atoms with E-state index in [0.29, 0.717) is 23.8 Å². The fraction of sp³-hybridized carbons (Fsp3) is 0.938. The van der Waals surface area contributed by atoms with E-state index in [-0.39, 0.29) is 11.8 Å². The van der Waals surface area contributed by atoms with Gasteiger partial charge in [0, 0.05) is 12.6 Å². The fourth-order valence-corrected chi connectivity index (χ4v) is 3.82. The monoisotopic (exact) mass is 266 g/mol. The maximum atomic E-state index is 12.4. The van der Waals surface area contributed by atoms with Crippen molar-refractivity contribution in [2.75, 3.05) is 13.1 Å². The number of hydrogen-bond donors (Lipinski definition) is 2. The van der Waals surface area contributed by atoms with Crippen molar-refractivity contribution in [2.24, 2.45) is 29.6 Å². The summed E-state index contributed by atoms with van der Waals surface area (Å²) < 4.78 is 0. The molecule has 1 aliphatic carbocycles. The van der Waals surface area contributed by atoms with Crippen molar-refractivity contribution in [3.8, 4) is 0 Å². The van der Waals surface area contributed by atoms with Crippen LogP contribution >= 0.6 is 0 Å². The Hall–Kier alpha value is -0.570. The normalized spacial score (nSPS) is 39.5. The highest BCUT2D eigenvalue weighted by Gasteiger charge is 2.35. The topological polar surface area (TPSA) is 41.1 Å². The van der Waals surface area contributed by atoms with Gasteiger partial charge in [-0.05, 0) is 43.1 Å². The summed E-state index contributed by atoms with van der Waals surface area (Å²) in [5, 5.41) is 6.70. The number of amides is 1. The summed E-state index contributed by atoms with van der Waals surface area (Å²) in [4.78, 5) is 12.4. The van der Waals surface area contributed by atoms with Gasteiger partial charge in [0.15, 0.2) is 0 Å². The molecule has 0 bridgehead atoms. The molecule has 0 spiro atoms. The lowest BCUT2D eigenvalue weighted by Crippen LogP contribution is -2.48. The number of carbonyl (C=O) groups is 1. The van der Waals surface area contributed by atoms with Crippen LogP contribution in [-0.4, -0.2) is 25.0 Å². The Balaban J connectivity index is 1.96. The first-order valence-corrected chi connectivity index (χ1v) is 8.00. The van der Waals surface area contributed by atoms with Crippen molar-refractivity contribution < 1.29 is 4.79 Å². The van der Waals surface area contributed by atoms with Gasteiger partial charge in [-0.1, -0.05) is 34.1 Å². The van der Waals surface area contributed by atoms with Crippen LogP contribution in [0.2, 0.25) is 0 Å². The van der Waals surface area contributed by atoms with Crippen LogP contribution in [0.5, 0.6) is 0 Å². The van der Waals surface area contributed by atoms with Crippen molar-refractivity contribution >= 4 is 5.91 Å². The van der Waals surface area contributed by atoms with Gasteiger partial charge in [0.2, 0.25) is 5.91 Å². The van der Waals surface area contributed by atoms with Crippen LogP contribution in [-0.2, 0) is 4.79 Å². The van der Waals surface area contributed by atoms with E-state index in [1.165, 1.54) is 12.8 Å². The third-order valence-corrected chi connectivity index (χ3v) is 5.20. The van der Waals surface area contributed by atoms with Gasteiger partial charge in [-0.2, -0.15) is 0 Å². The van der Waals surface area contributed by atoms with Crippen molar-refractivity contribution in [1.82, 2.24) is 10.6 Å². The summed E-state index contributed by atoms with van der Waals surface area (Å²) in [6, 6.07) is 0.393. The quantitative estimate of drug-likeness (QED) is 0.823. The van der Waals surface area contributed by atoms with Gasteiger partial charge < -0.3 is 10.6 Å². The fourth-order valence-electron chi connectivity index (χ4n) is 3.82. The molecule has 19 heavy (non-hydrogen) atoms. The second-order valence-corrected chi connectivity index (χ2v) is 7.18. The molecule has 5 atom stereocenters. The molecule has 2 rings (SSSR count). The average molecular weight is 266 g/mol. The predicted octanol–water partition coefficient (Wildman–Crippen LogP) is 2.42. The molecular weight excluding hydrogens is 236 g/mol. The molecule has 1 amide bonds. The van der Waals surface area contributed by atoms with Crippen molar-refractivity contribution in [2.45, 2.75) is 53.0 Å². The number of carbonyl (C=O) groups excluding carboxylic acids is 1. The largest absolute Gasteiger partial charge is 0.353 e. The van der Waals surface area contributed by atoms with Crippen LogP contribution in [0.3, 0.4) is 0 Å². The van der Waals surface area contributed by atoms with E-state index in [9.17, 15) is 4.79 Å². The summed E-state index contributed by atoms with van der Waals surface area (Å²) in [7, 11) is 0. The second kappa shape index (κ2) is 6.25. The Morgan fingerprint density at radius 2 is 1.95 bits per heavy atom. The summed E-state index contributed by atoms with van der Waals surface area (Å²) in [6.45, 7) is 10.9. The number of nitrogens with one attached hydrogen (secondary N) is 2. The lowest BCUT2D eigenvalue weighted by Gasteiger charge is -2.38. The molecule has 1 aliphatic heterocycles. The SMILES string of the molecule is CC1CCC(C(C)C)C(NC(=O)[C@@H]2CNC[C@H]2C)C1. The smallest absolute Gasteiger partial charge is 0.224 e. The van der Waals surface area contributed by atoms with E-state index >= 15 is 0 Å². The third-order valence-electron chi connectivity index (χ3n) is 5.20. The predicted molar refractivity (Wildman–Crippen MR) is 78.8 cm³/mol. The molecule has 3 heteroatoms. The molecule has 1 saturated carbocycles. The van der Waals surface area contributed by atoms with Crippen molar-refractivity contribution in [3.63, 3.8) is 0 Å². The van der Waals surface area contributed by atoms with Crippen molar-refractivity contribution in [3.05, 3.63) is 0 Å². The summed E-state index contributed by atoms with van der Waals surface area (Å²) in [6.07, 6.45) is 3.74. The zero-order valence-corrected chi connectivity index (χ0v) is 12.9. The van der Waals surface area contributed by atoms with Crippen LogP contribution in [0.15, 0.2) is 0 Å². The number of hydrogen-bond acceptors (Lipinski definition) is 2. The lowest BCUT2D eigenvalue weighted by molar-refractivity contribution is -0.127. The first-order valence-electron chi connectivity index (χ1n) is 8.00. The van der Waals surface area contributed by atoms with E-state index in [1.54, 1.807) is 0 Å². The molecule has 1 saturated heterocycles. The average Bonchev–Trinajstić information content (AvgIpc) is 2.75. The summed E-state index contributed by atoms with van der Waals surface area (Å²) in [5.41, 5.74) is 0. The minimum atomic E-state index is 0.171. The lowest BCUT2D eigenvalue weighted by atomic mass is 9.74. The maximum absolute atomic E-state index is 12.4. The number of rotatable bonds is 3. The molecule has 2 aliphatic rings. The van der Waals surface area contributed by atoms with Gasteiger partial charge in [-0.3, -0.25) is 4.79 Å². The molecule has 2 N–H and O–H groups in total. The van der Waals surface area contributed by atoms with Crippen molar-refractivity contribution in [1.29, 1.82) is 0 Å². The van der Waals surface area contributed by atoms with Gasteiger partial charge in [-0.25, -0.2) is 0 Å². The van der Waals surface area contributed by atoms with Gasteiger partial charge in [0.1, 0.15) is 0 Å². The molecule has 0 aromatic carbocycles. The molecule has 1 heterocycles. The van der Waals surface area contributed by atoms with Crippen LogP contribution in [0.25, 0.3) is 0 Å². The standard InChI is InChI=1S/C16H30N2O/c1-10(2)13-6-5-11(3)7-15(13)18-16(19)14-9-17-8-12(14)4/h10-15,17H,5-9H2,1-4H3,(H,18,19)/t11?,12-,13?,14-,15?/m1/s1. The minimum absolute atomic E-state index is 0.171. The Kier molecular flexibility index (Phi) is 4.88.